The van der Waals surface area contributed by atoms with Crippen molar-refractivity contribution in [3.63, 3.8) is 0 Å². The standard InChI is InChI=1S/C9H13F3N2O3/c1-13(6-2-3-6)8(17)14(4-7(15)16)5-9(10,11)12/h6H,2-5H2,1H3,(H,15,16). The number of hydrogen-bond acceptors (Lipinski definition) is 2. The lowest BCUT2D eigenvalue weighted by Crippen LogP contribution is -2.48. The maximum atomic E-state index is 12.2. The SMILES string of the molecule is CN(C(=O)N(CC(=O)O)CC(F)(F)F)C1CC1. The van der Waals surface area contributed by atoms with Crippen LogP contribution in [0.15, 0.2) is 0 Å². The highest BCUT2D eigenvalue weighted by atomic mass is 19.4. The number of hydrogen-bond donors (Lipinski definition) is 1. The van der Waals surface area contributed by atoms with Gasteiger partial charge in [0, 0.05) is 13.1 Å². The van der Waals surface area contributed by atoms with Crippen LogP contribution >= 0.6 is 0 Å². The first-order valence-electron chi connectivity index (χ1n) is 5.01. The summed E-state index contributed by atoms with van der Waals surface area (Å²) in [6, 6.07) is -0.959. The van der Waals surface area contributed by atoms with Crippen molar-refractivity contribution in [1.29, 1.82) is 0 Å². The van der Waals surface area contributed by atoms with E-state index < -0.39 is 31.3 Å². The highest BCUT2D eigenvalue weighted by Gasteiger charge is 2.38. The molecule has 0 spiro atoms. The van der Waals surface area contributed by atoms with E-state index >= 15 is 0 Å². The molecule has 0 bridgehead atoms. The van der Waals surface area contributed by atoms with E-state index in [4.69, 9.17) is 5.11 Å². The molecule has 1 aliphatic carbocycles. The summed E-state index contributed by atoms with van der Waals surface area (Å²) in [7, 11) is 1.38. The molecule has 0 aromatic rings. The quantitative estimate of drug-likeness (QED) is 0.818. The average molecular weight is 254 g/mol. The number of nitrogens with zero attached hydrogens (tertiary/aromatic N) is 2. The van der Waals surface area contributed by atoms with Gasteiger partial charge in [-0.2, -0.15) is 13.2 Å². The number of rotatable bonds is 4. The molecular formula is C9H13F3N2O3. The molecule has 17 heavy (non-hydrogen) atoms. The van der Waals surface area contributed by atoms with Gasteiger partial charge in [-0.15, -0.1) is 0 Å². The summed E-state index contributed by atoms with van der Waals surface area (Å²) in [6.45, 7) is -2.50. The van der Waals surface area contributed by atoms with E-state index in [1.807, 2.05) is 0 Å². The first kappa shape index (κ1) is 13.6. The first-order valence-corrected chi connectivity index (χ1v) is 5.01. The van der Waals surface area contributed by atoms with Crippen LogP contribution in [0.25, 0.3) is 0 Å². The summed E-state index contributed by atoms with van der Waals surface area (Å²) < 4.78 is 36.6. The average Bonchev–Trinajstić information content (AvgIpc) is 2.94. The molecule has 2 amide bonds. The summed E-state index contributed by atoms with van der Waals surface area (Å²) in [6.07, 6.45) is -3.11. The number of halogens is 3. The van der Waals surface area contributed by atoms with Gasteiger partial charge >= 0.3 is 18.2 Å². The fourth-order valence-corrected chi connectivity index (χ4v) is 1.41. The van der Waals surface area contributed by atoms with Crippen molar-refractivity contribution in [3.05, 3.63) is 0 Å². The maximum Gasteiger partial charge on any atom is 0.406 e. The summed E-state index contributed by atoms with van der Waals surface area (Å²) in [5, 5.41) is 8.49. The molecule has 1 rings (SSSR count). The van der Waals surface area contributed by atoms with Crippen molar-refractivity contribution in [2.24, 2.45) is 0 Å². The first-order chi connectivity index (χ1) is 7.70. The zero-order chi connectivity index (χ0) is 13.2. The molecule has 1 aliphatic rings. The Morgan fingerprint density at radius 1 is 1.35 bits per heavy atom. The normalized spacial score (nSPS) is 15.5. The Morgan fingerprint density at radius 2 is 1.88 bits per heavy atom. The fourth-order valence-electron chi connectivity index (χ4n) is 1.41. The van der Waals surface area contributed by atoms with Crippen LogP contribution in [0, 0.1) is 0 Å². The van der Waals surface area contributed by atoms with Crippen LogP contribution in [0.2, 0.25) is 0 Å². The molecule has 0 aromatic carbocycles. The van der Waals surface area contributed by atoms with E-state index in [-0.39, 0.29) is 6.04 Å². The molecule has 0 heterocycles. The Labute approximate surface area is 95.8 Å². The van der Waals surface area contributed by atoms with Crippen LogP contribution in [0.3, 0.4) is 0 Å². The zero-order valence-electron chi connectivity index (χ0n) is 9.20. The topological polar surface area (TPSA) is 60.9 Å². The fraction of sp³-hybridized carbons (Fsp3) is 0.778. The minimum Gasteiger partial charge on any atom is -0.480 e. The van der Waals surface area contributed by atoms with Crippen LogP contribution in [-0.2, 0) is 4.79 Å². The largest absolute Gasteiger partial charge is 0.480 e. The molecule has 0 aromatic heterocycles. The number of carboxylic acid groups (broad SMARTS) is 1. The van der Waals surface area contributed by atoms with Gasteiger partial charge in [-0.05, 0) is 12.8 Å². The van der Waals surface area contributed by atoms with E-state index in [1.165, 1.54) is 7.05 Å². The Morgan fingerprint density at radius 3 is 2.24 bits per heavy atom. The number of carbonyl (C=O) groups is 2. The molecule has 1 saturated carbocycles. The third kappa shape index (κ3) is 4.49. The zero-order valence-corrected chi connectivity index (χ0v) is 9.20. The summed E-state index contributed by atoms with van der Waals surface area (Å²) in [5.41, 5.74) is 0. The second kappa shape index (κ2) is 4.80. The van der Waals surface area contributed by atoms with E-state index in [0.717, 1.165) is 17.7 Å². The van der Waals surface area contributed by atoms with Gasteiger partial charge in [-0.1, -0.05) is 0 Å². The van der Waals surface area contributed by atoms with Gasteiger partial charge in [0.25, 0.3) is 0 Å². The van der Waals surface area contributed by atoms with E-state index in [0.29, 0.717) is 4.90 Å². The minimum absolute atomic E-state index is 0.0629. The Kier molecular flexibility index (Phi) is 3.84. The molecule has 0 saturated heterocycles. The lowest BCUT2D eigenvalue weighted by molar-refractivity contribution is -0.149. The van der Waals surface area contributed by atoms with Crippen molar-refractivity contribution in [2.45, 2.75) is 25.1 Å². The van der Waals surface area contributed by atoms with E-state index in [9.17, 15) is 22.8 Å². The summed E-state index contributed by atoms with van der Waals surface area (Å²) in [4.78, 5) is 23.5. The number of carbonyl (C=O) groups excluding carboxylic acids is 1. The van der Waals surface area contributed by atoms with Gasteiger partial charge in [-0.3, -0.25) is 4.79 Å². The molecule has 1 N–H and O–H groups in total. The van der Waals surface area contributed by atoms with Crippen LogP contribution in [0.4, 0.5) is 18.0 Å². The number of amides is 2. The van der Waals surface area contributed by atoms with E-state index in [1.54, 1.807) is 0 Å². The highest BCUT2D eigenvalue weighted by Crippen LogP contribution is 2.27. The van der Waals surface area contributed by atoms with Crippen molar-refractivity contribution >= 4 is 12.0 Å². The Balaban J connectivity index is 2.66. The molecule has 0 atom stereocenters. The molecule has 0 radical (unpaired) electrons. The molecule has 0 unspecified atom stereocenters. The molecule has 98 valence electrons. The Bertz CT molecular complexity index is 315. The second-order valence-corrected chi connectivity index (χ2v) is 3.99. The third-order valence-electron chi connectivity index (χ3n) is 2.36. The minimum atomic E-state index is -4.60. The molecule has 8 heteroatoms. The maximum absolute atomic E-state index is 12.2. The third-order valence-corrected chi connectivity index (χ3v) is 2.36. The van der Waals surface area contributed by atoms with Crippen molar-refractivity contribution in [2.75, 3.05) is 20.1 Å². The molecule has 0 aliphatic heterocycles. The Hall–Kier alpha value is -1.47. The second-order valence-electron chi connectivity index (χ2n) is 3.99. The number of aliphatic carboxylic acids is 1. The predicted molar refractivity (Wildman–Crippen MR) is 51.4 cm³/mol. The number of carboxylic acids is 1. The molecule has 1 fully saturated rings. The van der Waals surface area contributed by atoms with Gasteiger partial charge in [0.2, 0.25) is 0 Å². The summed E-state index contributed by atoms with van der Waals surface area (Å²) >= 11 is 0. The van der Waals surface area contributed by atoms with Gasteiger partial charge in [-0.25, -0.2) is 4.79 Å². The van der Waals surface area contributed by atoms with Crippen LogP contribution < -0.4 is 0 Å². The number of alkyl halides is 3. The summed E-state index contributed by atoms with van der Waals surface area (Å²) in [5.74, 6) is -1.47. The van der Waals surface area contributed by atoms with Gasteiger partial charge in [0.15, 0.2) is 0 Å². The van der Waals surface area contributed by atoms with Crippen LogP contribution in [-0.4, -0.2) is 59.3 Å². The van der Waals surface area contributed by atoms with E-state index in [2.05, 4.69) is 0 Å². The van der Waals surface area contributed by atoms with Crippen LogP contribution in [0.5, 0.6) is 0 Å². The van der Waals surface area contributed by atoms with Gasteiger partial charge < -0.3 is 14.9 Å². The number of urea groups is 1. The highest BCUT2D eigenvalue weighted by molar-refractivity contribution is 5.80. The monoisotopic (exact) mass is 254 g/mol. The van der Waals surface area contributed by atoms with Crippen molar-refractivity contribution < 1.29 is 27.9 Å². The molecular weight excluding hydrogens is 241 g/mol. The van der Waals surface area contributed by atoms with Gasteiger partial charge in [0.05, 0.1) is 0 Å². The smallest absolute Gasteiger partial charge is 0.406 e. The van der Waals surface area contributed by atoms with Gasteiger partial charge in [0.1, 0.15) is 13.1 Å². The van der Waals surface area contributed by atoms with Crippen LogP contribution in [0.1, 0.15) is 12.8 Å². The lowest BCUT2D eigenvalue weighted by Gasteiger charge is -2.27. The molecule has 5 nitrogen and oxygen atoms in total. The lowest BCUT2D eigenvalue weighted by atomic mass is 10.4. The predicted octanol–water partition coefficient (Wildman–Crippen LogP) is 1.15. The van der Waals surface area contributed by atoms with Crippen molar-refractivity contribution in [1.82, 2.24) is 9.80 Å². The van der Waals surface area contributed by atoms with Crippen molar-refractivity contribution in [3.8, 4) is 0 Å².